The van der Waals surface area contributed by atoms with Gasteiger partial charge in [-0.05, 0) is 86.9 Å². The van der Waals surface area contributed by atoms with Crippen LogP contribution in [0.3, 0.4) is 0 Å². The van der Waals surface area contributed by atoms with Crippen LogP contribution in [0.4, 0.5) is 4.79 Å². The molecular formula is C33H33N5O4S. The second-order valence-corrected chi connectivity index (χ2v) is 11.9. The normalized spacial score (nSPS) is 11.6. The predicted octanol–water partition coefficient (Wildman–Crippen LogP) is 5.76. The van der Waals surface area contributed by atoms with E-state index in [1.54, 1.807) is 19.2 Å². The number of benzene rings is 3. The van der Waals surface area contributed by atoms with E-state index < -0.39 is 16.1 Å². The molecule has 0 radical (unpaired) electrons. The lowest BCUT2D eigenvalue weighted by atomic mass is 10.1. The van der Waals surface area contributed by atoms with E-state index in [4.69, 9.17) is 14.7 Å². The molecule has 5 rings (SSSR count). The van der Waals surface area contributed by atoms with E-state index in [0.717, 1.165) is 56.4 Å². The van der Waals surface area contributed by atoms with Crippen molar-refractivity contribution >= 4 is 39.4 Å². The van der Waals surface area contributed by atoms with Gasteiger partial charge in [0.05, 0.1) is 12.0 Å². The van der Waals surface area contributed by atoms with Gasteiger partial charge in [-0.15, -0.1) is 0 Å². The average molecular weight is 596 g/mol. The summed E-state index contributed by atoms with van der Waals surface area (Å²) in [7, 11) is -2.30. The number of nitrogens with one attached hydrogen (secondary N) is 2. The van der Waals surface area contributed by atoms with Crippen molar-refractivity contribution in [2.45, 2.75) is 32.1 Å². The first kappa shape index (κ1) is 29.5. The Kier molecular flexibility index (Phi) is 8.58. The molecule has 3 aromatic carbocycles. The summed E-state index contributed by atoms with van der Waals surface area (Å²) in [5.74, 6) is 1.49. The molecule has 0 unspecified atom stereocenters. The van der Waals surface area contributed by atoms with Gasteiger partial charge in [-0.25, -0.2) is 27.9 Å². The minimum Gasteiger partial charge on any atom is -0.496 e. The quantitative estimate of drug-likeness (QED) is 0.224. The zero-order chi connectivity index (χ0) is 30.6. The molecule has 220 valence electrons. The molecule has 0 atom stereocenters. The lowest BCUT2D eigenvalue weighted by molar-refractivity contribution is 0.246. The van der Waals surface area contributed by atoms with E-state index >= 15 is 0 Å². The molecule has 43 heavy (non-hydrogen) atoms. The molecule has 9 nitrogen and oxygen atoms in total. The molecule has 0 fully saturated rings. The summed E-state index contributed by atoms with van der Waals surface area (Å²) in [4.78, 5) is 22.0. The highest BCUT2D eigenvalue weighted by atomic mass is 32.2. The van der Waals surface area contributed by atoms with E-state index in [0.29, 0.717) is 6.42 Å². The number of aryl methyl sites for hydroxylation is 3. The van der Waals surface area contributed by atoms with Crippen LogP contribution in [0.25, 0.3) is 29.0 Å². The zero-order valence-electron chi connectivity index (χ0n) is 24.5. The van der Waals surface area contributed by atoms with Crippen LogP contribution >= 0.6 is 0 Å². The summed E-state index contributed by atoms with van der Waals surface area (Å²) in [6, 6.07) is 23.2. The Morgan fingerprint density at radius 1 is 0.930 bits per heavy atom. The number of aromatic nitrogens is 3. The first-order valence-corrected chi connectivity index (χ1v) is 15.3. The second-order valence-electron chi connectivity index (χ2n) is 10.2. The first-order chi connectivity index (χ1) is 20.6. The summed E-state index contributed by atoms with van der Waals surface area (Å²) in [5, 5.41) is 2.62. The van der Waals surface area contributed by atoms with E-state index in [1.165, 1.54) is 12.1 Å². The molecule has 0 aliphatic rings. The van der Waals surface area contributed by atoms with Gasteiger partial charge in [-0.1, -0.05) is 48.0 Å². The Hall–Kier alpha value is -4.96. The first-order valence-electron chi connectivity index (χ1n) is 13.8. The molecule has 0 bridgehead atoms. The van der Waals surface area contributed by atoms with Crippen LogP contribution < -0.4 is 14.8 Å². The third kappa shape index (κ3) is 6.76. The third-order valence-electron chi connectivity index (χ3n) is 6.96. The van der Waals surface area contributed by atoms with Crippen molar-refractivity contribution < 1.29 is 17.9 Å². The van der Waals surface area contributed by atoms with Crippen molar-refractivity contribution in [1.82, 2.24) is 24.6 Å². The minimum absolute atomic E-state index is 0.0351. The number of hydrogen-bond acceptors (Lipinski definition) is 6. The fourth-order valence-corrected chi connectivity index (χ4v) is 5.71. The number of methoxy groups -OCH3 is 1. The maximum Gasteiger partial charge on any atom is 0.328 e. The topological polar surface area (TPSA) is 115 Å². The molecule has 2 amide bonds. The molecule has 2 N–H and O–H groups in total. The molecule has 0 saturated heterocycles. The van der Waals surface area contributed by atoms with Crippen LogP contribution in [0.2, 0.25) is 0 Å². The maximum absolute atomic E-state index is 12.5. The Bertz CT molecular complexity index is 1910. The molecule has 0 aliphatic carbocycles. The van der Waals surface area contributed by atoms with Crippen LogP contribution in [0.1, 0.15) is 33.8 Å². The van der Waals surface area contributed by atoms with Crippen LogP contribution in [0, 0.1) is 20.8 Å². The Morgan fingerprint density at radius 2 is 1.65 bits per heavy atom. The number of fused-ring (bicyclic) bond motifs is 1. The van der Waals surface area contributed by atoms with Gasteiger partial charge in [0.15, 0.2) is 5.65 Å². The maximum atomic E-state index is 12.5. The van der Waals surface area contributed by atoms with Crippen LogP contribution in [0.15, 0.2) is 83.8 Å². The smallest absolute Gasteiger partial charge is 0.328 e. The number of rotatable bonds is 9. The van der Waals surface area contributed by atoms with E-state index in [9.17, 15) is 13.2 Å². The number of hydrogen-bond donors (Lipinski definition) is 2. The highest BCUT2D eigenvalue weighted by Gasteiger charge is 2.17. The Labute approximate surface area is 251 Å². The number of pyridine rings is 1. The summed E-state index contributed by atoms with van der Waals surface area (Å²) in [6.45, 7) is 6.11. The molecule has 5 aromatic rings. The molecule has 0 aliphatic heterocycles. The lowest BCUT2D eigenvalue weighted by Crippen LogP contribution is -2.40. The third-order valence-corrected chi connectivity index (χ3v) is 8.31. The number of carbonyl (C=O) groups excluding carboxylic acids is 1. The number of para-hydroxylation sites is 1. The summed E-state index contributed by atoms with van der Waals surface area (Å²) < 4.78 is 34.5. The zero-order valence-corrected chi connectivity index (χ0v) is 25.3. The van der Waals surface area contributed by atoms with Crippen molar-refractivity contribution in [3.63, 3.8) is 0 Å². The summed E-state index contributed by atoms with van der Waals surface area (Å²) in [5.41, 5.74) is 7.25. The summed E-state index contributed by atoms with van der Waals surface area (Å²) in [6.07, 6.45) is 4.44. The molecule has 0 spiro atoms. The average Bonchev–Trinajstić information content (AvgIpc) is 3.35. The van der Waals surface area contributed by atoms with Gasteiger partial charge in [0.25, 0.3) is 10.0 Å². The predicted molar refractivity (Wildman–Crippen MR) is 169 cm³/mol. The number of carbonyl (C=O) groups is 1. The van der Waals surface area contributed by atoms with Crippen molar-refractivity contribution in [3.05, 3.63) is 113 Å². The van der Waals surface area contributed by atoms with Crippen LogP contribution in [-0.2, 0) is 16.4 Å². The van der Waals surface area contributed by atoms with Gasteiger partial charge >= 0.3 is 6.03 Å². The highest BCUT2D eigenvalue weighted by Crippen LogP contribution is 2.26. The fraction of sp³-hybridized carbons (Fsp3) is 0.182. The number of imidazole rings is 1. The van der Waals surface area contributed by atoms with Crippen molar-refractivity contribution in [2.75, 3.05) is 13.7 Å². The van der Waals surface area contributed by atoms with Crippen LogP contribution in [0.5, 0.6) is 5.75 Å². The number of urea groups is 1. The monoisotopic (exact) mass is 595 g/mol. The van der Waals surface area contributed by atoms with Crippen molar-refractivity contribution in [1.29, 1.82) is 0 Å². The van der Waals surface area contributed by atoms with Gasteiger partial charge in [0.1, 0.15) is 17.1 Å². The SMILES string of the molecule is COc1ccccc1/C=C\c1nc2c(C)cc(C)nc2n1-c1ccc(CCNC(=O)NS(=O)(=O)c2ccc(C)cc2)cc1. The molecule has 2 heterocycles. The van der Waals surface area contributed by atoms with E-state index in [-0.39, 0.29) is 11.4 Å². The molecular weight excluding hydrogens is 562 g/mol. The van der Waals surface area contributed by atoms with E-state index in [2.05, 4.69) is 10.0 Å². The number of sulfonamides is 1. The van der Waals surface area contributed by atoms with Gasteiger partial charge in [0, 0.05) is 23.5 Å². The number of nitrogens with zero attached hydrogens (tertiary/aromatic N) is 3. The number of amides is 2. The minimum atomic E-state index is -3.95. The van der Waals surface area contributed by atoms with Gasteiger partial charge in [-0.2, -0.15) is 0 Å². The van der Waals surface area contributed by atoms with Gasteiger partial charge < -0.3 is 10.1 Å². The fourth-order valence-electron chi connectivity index (χ4n) is 4.78. The highest BCUT2D eigenvalue weighted by molar-refractivity contribution is 7.90. The number of ether oxygens (including phenoxy) is 1. The second kappa shape index (κ2) is 12.5. The van der Waals surface area contributed by atoms with Gasteiger partial charge in [0.2, 0.25) is 0 Å². The molecule has 10 heteroatoms. The Balaban J connectivity index is 1.32. The summed E-state index contributed by atoms with van der Waals surface area (Å²) >= 11 is 0. The van der Waals surface area contributed by atoms with E-state index in [1.807, 2.05) is 92.1 Å². The largest absolute Gasteiger partial charge is 0.496 e. The lowest BCUT2D eigenvalue weighted by Gasteiger charge is -2.10. The standard InChI is InChI=1S/C33H33N5O4S/c1-22-9-16-28(17-10-22)43(40,41)37-33(39)34-20-19-25-11-14-27(15-12-25)38-30(18-13-26-7-5-6-8-29(26)42-4)36-31-23(2)21-24(3)35-32(31)38/h5-18,21H,19-20H2,1-4H3,(H2,34,37,39)/b18-13-. The molecule has 2 aromatic heterocycles. The van der Waals surface area contributed by atoms with Crippen LogP contribution in [-0.4, -0.2) is 42.6 Å². The molecule has 0 saturated carbocycles. The van der Waals surface area contributed by atoms with Crippen molar-refractivity contribution in [3.8, 4) is 11.4 Å². The van der Waals surface area contributed by atoms with Gasteiger partial charge in [-0.3, -0.25) is 4.57 Å². The van der Waals surface area contributed by atoms with Crippen molar-refractivity contribution in [2.24, 2.45) is 0 Å². The Morgan fingerprint density at radius 3 is 2.37 bits per heavy atom.